The Hall–Kier alpha value is -1.59. The van der Waals surface area contributed by atoms with Crippen molar-refractivity contribution in [2.45, 2.75) is 26.7 Å². The second-order valence-corrected chi connectivity index (χ2v) is 4.20. The first kappa shape index (κ1) is 14.5. The minimum atomic E-state index is -1.72. The maximum atomic E-state index is 13.1. The molecule has 0 N–H and O–H groups in total. The molecule has 0 fully saturated rings. The average Bonchev–Trinajstić information content (AvgIpc) is 2.29. The number of carbonyl (C=O) groups excluding carboxylic acids is 1. The van der Waals surface area contributed by atoms with Gasteiger partial charge in [0.2, 0.25) is 17.4 Å². The Bertz CT molecular complexity index is 432. The summed E-state index contributed by atoms with van der Waals surface area (Å²) in [5, 5.41) is 0. The van der Waals surface area contributed by atoms with E-state index in [4.69, 9.17) is 0 Å². The molecule has 0 amide bonds. The lowest BCUT2D eigenvalue weighted by Gasteiger charge is -2.08. The van der Waals surface area contributed by atoms with Gasteiger partial charge in [-0.2, -0.15) is 8.78 Å². The third-order valence-corrected chi connectivity index (χ3v) is 2.21. The summed E-state index contributed by atoms with van der Waals surface area (Å²) in [6.07, 6.45) is 0.356. The fourth-order valence-electron chi connectivity index (χ4n) is 1.21. The molecule has 0 saturated carbocycles. The Morgan fingerprint density at radius 1 is 1.17 bits per heavy atom. The second-order valence-electron chi connectivity index (χ2n) is 4.20. The van der Waals surface area contributed by atoms with Crippen LogP contribution >= 0.6 is 0 Å². The molecule has 0 unspecified atom stereocenters. The van der Waals surface area contributed by atoms with Crippen molar-refractivity contribution >= 4 is 5.97 Å². The summed E-state index contributed by atoms with van der Waals surface area (Å²) in [6.45, 7) is 3.69. The van der Waals surface area contributed by atoms with Gasteiger partial charge in [0, 0.05) is 12.5 Å². The van der Waals surface area contributed by atoms with E-state index in [1.54, 1.807) is 0 Å². The zero-order chi connectivity index (χ0) is 13.9. The monoisotopic (exact) mass is 264 g/mol. The molecule has 0 heterocycles. The van der Waals surface area contributed by atoms with E-state index in [2.05, 4.69) is 4.74 Å². The minimum Gasteiger partial charge on any atom is -0.420 e. The summed E-state index contributed by atoms with van der Waals surface area (Å²) in [5.74, 6) is -8.73. The van der Waals surface area contributed by atoms with Crippen molar-refractivity contribution in [3.63, 3.8) is 0 Å². The van der Waals surface area contributed by atoms with Crippen LogP contribution in [-0.2, 0) is 4.79 Å². The van der Waals surface area contributed by atoms with E-state index in [-0.39, 0.29) is 18.4 Å². The largest absolute Gasteiger partial charge is 0.420 e. The number of esters is 1. The van der Waals surface area contributed by atoms with Gasteiger partial charge in [-0.3, -0.25) is 4.79 Å². The first-order chi connectivity index (χ1) is 8.32. The zero-order valence-electron chi connectivity index (χ0n) is 9.90. The fraction of sp³-hybridized carbons (Fsp3) is 0.417. The number of rotatable bonds is 4. The molecule has 2 nitrogen and oxygen atoms in total. The zero-order valence-corrected chi connectivity index (χ0v) is 9.90. The van der Waals surface area contributed by atoms with Crippen molar-refractivity contribution in [2.24, 2.45) is 5.92 Å². The van der Waals surface area contributed by atoms with Gasteiger partial charge < -0.3 is 4.74 Å². The second kappa shape index (κ2) is 5.84. The maximum Gasteiger partial charge on any atom is 0.311 e. The lowest BCUT2D eigenvalue weighted by Crippen LogP contribution is -2.12. The molecule has 0 aromatic heterocycles. The molecule has 0 radical (unpaired) electrons. The topological polar surface area (TPSA) is 26.3 Å². The molecule has 1 rings (SSSR count). The van der Waals surface area contributed by atoms with Crippen molar-refractivity contribution in [3.05, 3.63) is 29.3 Å². The normalized spacial score (nSPS) is 10.8. The first-order valence-corrected chi connectivity index (χ1v) is 5.36. The summed E-state index contributed by atoms with van der Waals surface area (Å²) in [4.78, 5) is 11.2. The summed E-state index contributed by atoms with van der Waals surface area (Å²) in [6, 6.07) is 0.0517. The number of ether oxygens (including phenoxy) is 1. The average molecular weight is 264 g/mol. The van der Waals surface area contributed by atoms with Crippen molar-refractivity contribution < 1.29 is 27.1 Å². The standard InChI is InChI=1S/C12H12F4O2/c1-6(2)3-4-9(17)18-12-10(15)7(13)5-8(14)11(12)16/h5-6H,3-4H2,1-2H3. The van der Waals surface area contributed by atoms with Gasteiger partial charge in [0.25, 0.3) is 0 Å². The molecule has 0 aliphatic rings. The van der Waals surface area contributed by atoms with Gasteiger partial charge in [-0.1, -0.05) is 13.8 Å². The third-order valence-electron chi connectivity index (χ3n) is 2.21. The molecule has 18 heavy (non-hydrogen) atoms. The van der Waals surface area contributed by atoms with Crippen LogP contribution in [0.1, 0.15) is 26.7 Å². The predicted octanol–water partition coefficient (Wildman–Crippen LogP) is 3.58. The molecule has 6 heteroatoms. The lowest BCUT2D eigenvalue weighted by molar-refractivity contribution is -0.135. The van der Waals surface area contributed by atoms with Crippen LogP contribution in [0, 0.1) is 29.2 Å². The third kappa shape index (κ3) is 3.45. The van der Waals surface area contributed by atoms with Crippen molar-refractivity contribution in [3.8, 4) is 5.75 Å². The van der Waals surface area contributed by atoms with E-state index >= 15 is 0 Å². The van der Waals surface area contributed by atoms with Crippen LogP contribution in [0.4, 0.5) is 17.6 Å². The molecule has 0 aliphatic heterocycles. The highest BCUT2D eigenvalue weighted by atomic mass is 19.2. The lowest BCUT2D eigenvalue weighted by atomic mass is 10.1. The molecule has 0 aliphatic carbocycles. The Labute approximate surface area is 102 Å². The van der Waals surface area contributed by atoms with Crippen molar-refractivity contribution in [2.75, 3.05) is 0 Å². The molecule has 100 valence electrons. The van der Waals surface area contributed by atoms with Crippen molar-refractivity contribution in [1.82, 2.24) is 0 Å². The number of hydrogen-bond acceptors (Lipinski definition) is 2. The highest BCUT2D eigenvalue weighted by molar-refractivity contribution is 5.72. The first-order valence-electron chi connectivity index (χ1n) is 5.36. The van der Waals surface area contributed by atoms with E-state index < -0.39 is 35.0 Å². The highest BCUT2D eigenvalue weighted by Gasteiger charge is 2.22. The number of benzene rings is 1. The smallest absolute Gasteiger partial charge is 0.311 e. The molecule has 0 spiro atoms. The molecular formula is C12H12F4O2. The quantitative estimate of drug-likeness (QED) is 0.359. The summed E-state index contributed by atoms with van der Waals surface area (Å²) in [5.41, 5.74) is 0. The van der Waals surface area contributed by atoms with Gasteiger partial charge in [-0.15, -0.1) is 0 Å². The van der Waals surface area contributed by atoms with E-state index in [9.17, 15) is 22.4 Å². The Morgan fingerprint density at radius 3 is 2.11 bits per heavy atom. The van der Waals surface area contributed by atoms with Gasteiger partial charge in [0.15, 0.2) is 11.6 Å². The van der Waals surface area contributed by atoms with Gasteiger partial charge >= 0.3 is 5.97 Å². The van der Waals surface area contributed by atoms with Crippen LogP contribution in [-0.4, -0.2) is 5.97 Å². The minimum absolute atomic E-state index is 0.0517. The molecule has 0 saturated heterocycles. The van der Waals surface area contributed by atoms with E-state index in [0.717, 1.165) is 0 Å². The Morgan fingerprint density at radius 2 is 1.67 bits per heavy atom. The van der Waals surface area contributed by atoms with Crippen LogP contribution in [0.15, 0.2) is 6.07 Å². The number of hydrogen-bond donors (Lipinski definition) is 0. The Balaban J connectivity index is 2.87. The van der Waals surface area contributed by atoms with Crippen LogP contribution in [0.25, 0.3) is 0 Å². The Kier molecular flexibility index (Phi) is 4.69. The van der Waals surface area contributed by atoms with E-state index in [0.29, 0.717) is 6.42 Å². The van der Waals surface area contributed by atoms with Gasteiger partial charge in [0.1, 0.15) is 0 Å². The van der Waals surface area contributed by atoms with Crippen LogP contribution in [0.2, 0.25) is 0 Å². The SMILES string of the molecule is CC(C)CCC(=O)Oc1c(F)c(F)cc(F)c1F. The number of carbonyl (C=O) groups is 1. The van der Waals surface area contributed by atoms with Crippen molar-refractivity contribution in [1.29, 1.82) is 0 Å². The summed E-state index contributed by atoms with van der Waals surface area (Å²) in [7, 11) is 0. The summed E-state index contributed by atoms with van der Waals surface area (Å²) >= 11 is 0. The van der Waals surface area contributed by atoms with Crippen LogP contribution in [0.5, 0.6) is 5.75 Å². The van der Waals surface area contributed by atoms with Gasteiger partial charge in [-0.25, -0.2) is 8.78 Å². The van der Waals surface area contributed by atoms with Crippen LogP contribution in [0.3, 0.4) is 0 Å². The molecule has 0 bridgehead atoms. The predicted molar refractivity (Wildman–Crippen MR) is 56.0 cm³/mol. The number of halogens is 4. The molecule has 1 aromatic rings. The van der Waals surface area contributed by atoms with Gasteiger partial charge in [0.05, 0.1) is 0 Å². The van der Waals surface area contributed by atoms with E-state index in [1.165, 1.54) is 0 Å². The highest BCUT2D eigenvalue weighted by Crippen LogP contribution is 2.26. The summed E-state index contributed by atoms with van der Waals surface area (Å²) < 4.78 is 56.2. The molecule has 0 atom stereocenters. The van der Waals surface area contributed by atoms with Crippen LogP contribution < -0.4 is 4.74 Å². The fourth-order valence-corrected chi connectivity index (χ4v) is 1.21. The van der Waals surface area contributed by atoms with E-state index in [1.807, 2.05) is 13.8 Å². The molecular weight excluding hydrogens is 252 g/mol. The molecule has 1 aromatic carbocycles. The maximum absolute atomic E-state index is 13.1. The van der Waals surface area contributed by atoms with Gasteiger partial charge in [-0.05, 0) is 12.3 Å².